The van der Waals surface area contributed by atoms with Crippen molar-refractivity contribution < 1.29 is 4.39 Å². The van der Waals surface area contributed by atoms with E-state index in [4.69, 9.17) is 0 Å². The van der Waals surface area contributed by atoms with Crippen LogP contribution >= 0.6 is 0 Å². The highest BCUT2D eigenvalue weighted by atomic mass is 19.1. The summed E-state index contributed by atoms with van der Waals surface area (Å²) in [6.45, 7) is 6.94. The molecule has 1 aromatic rings. The maximum absolute atomic E-state index is 14.2. The molecule has 0 amide bonds. The van der Waals surface area contributed by atoms with E-state index < -0.39 is 0 Å². The number of nitrogens with zero attached hydrogens (tertiary/aromatic N) is 1. The molecule has 4 heteroatoms. The van der Waals surface area contributed by atoms with Crippen molar-refractivity contribution in [1.82, 2.24) is 5.32 Å². The van der Waals surface area contributed by atoms with Crippen LogP contribution in [0.15, 0.2) is 12.1 Å². The molecule has 0 aromatic heterocycles. The van der Waals surface area contributed by atoms with Gasteiger partial charge in [-0.3, -0.25) is 0 Å². The molecule has 0 spiro atoms. The van der Waals surface area contributed by atoms with Crippen LogP contribution in [-0.2, 0) is 6.42 Å². The second-order valence-electron chi connectivity index (χ2n) is 5.51. The van der Waals surface area contributed by atoms with E-state index in [-0.39, 0.29) is 5.82 Å². The van der Waals surface area contributed by atoms with Gasteiger partial charge in [-0.1, -0.05) is 0 Å². The van der Waals surface area contributed by atoms with Gasteiger partial charge in [0.05, 0.1) is 5.69 Å². The standard InChI is InChI=1S/C14H20FN3/c1-9-7-18(8-10(2)17-9)14-6-13-11(3-4-16-13)5-12(14)15/h5-6,9-10,16-17H,3-4,7-8H2,1-2H3. The second kappa shape index (κ2) is 4.43. The van der Waals surface area contributed by atoms with Gasteiger partial charge in [0.25, 0.3) is 0 Å². The van der Waals surface area contributed by atoms with Crippen molar-refractivity contribution in [3.8, 4) is 0 Å². The highest BCUT2D eigenvalue weighted by molar-refractivity contribution is 5.65. The Balaban J connectivity index is 1.91. The smallest absolute Gasteiger partial charge is 0.146 e. The molecular weight excluding hydrogens is 229 g/mol. The molecule has 0 aliphatic carbocycles. The van der Waals surface area contributed by atoms with Crippen molar-refractivity contribution in [2.45, 2.75) is 32.4 Å². The third-order valence-corrected chi connectivity index (χ3v) is 3.78. The molecule has 3 rings (SSSR count). The van der Waals surface area contributed by atoms with Gasteiger partial charge in [-0.05, 0) is 38.0 Å². The average Bonchev–Trinajstić information content (AvgIpc) is 2.73. The zero-order valence-electron chi connectivity index (χ0n) is 11.0. The summed E-state index contributed by atoms with van der Waals surface area (Å²) < 4.78 is 14.2. The minimum Gasteiger partial charge on any atom is -0.384 e. The van der Waals surface area contributed by atoms with Crippen LogP contribution in [0.3, 0.4) is 0 Å². The van der Waals surface area contributed by atoms with Crippen molar-refractivity contribution >= 4 is 11.4 Å². The Hall–Kier alpha value is -1.29. The number of hydrogen-bond acceptors (Lipinski definition) is 3. The van der Waals surface area contributed by atoms with E-state index in [1.807, 2.05) is 6.07 Å². The molecule has 2 unspecified atom stereocenters. The number of rotatable bonds is 1. The summed E-state index contributed by atoms with van der Waals surface area (Å²) in [5.74, 6) is -0.0845. The Kier molecular flexibility index (Phi) is 2.90. The number of hydrogen-bond donors (Lipinski definition) is 2. The first kappa shape index (κ1) is 11.8. The highest BCUT2D eigenvalue weighted by Gasteiger charge is 2.24. The van der Waals surface area contributed by atoms with Crippen molar-refractivity contribution in [3.63, 3.8) is 0 Å². The number of halogens is 1. The zero-order valence-corrected chi connectivity index (χ0v) is 11.0. The molecule has 2 aliphatic heterocycles. The number of piperazine rings is 1. The third kappa shape index (κ3) is 2.05. The fourth-order valence-electron chi connectivity index (χ4n) is 3.07. The zero-order chi connectivity index (χ0) is 12.7. The van der Waals surface area contributed by atoms with Crippen LogP contribution in [0.5, 0.6) is 0 Å². The normalized spacial score (nSPS) is 26.9. The minimum atomic E-state index is -0.0845. The van der Waals surface area contributed by atoms with E-state index >= 15 is 0 Å². The molecule has 0 bridgehead atoms. The summed E-state index contributed by atoms with van der Waals surface area (Å²) in [7, 11) is 0. The summed E-state index contributed by atoms with van der Waals surface area (Å²) in [5.41, 5.74) is 2.95. The molecule has 1 saturated heterocycles. The minimum absolute atomic E-state index is 0.0845. The molecule has 0 saturated carbocycles. The predicted molar refractivity (Wildman–Crippen MR) is 72.9 cm³/mol. The quantitative estimate of drug-likeness (QED) is 0.797. The topological polar surface area (TPSA) is 27.3 Å². The van der Waals surface area contributed by atoms with E-state index in [1.165, 1.54) is 0 Å². The van der Waals surface area contributed by atoms with Gasteiger partial charge in [0.2, 0.25) is 0 Å². The first-order valence-corrected chi connectivity index (χ1v) is 6.71. The van der Waals surface area contributed by atoms with Crippen LogP contribution in [0.25, 0.3) is 0 Å². The summed E-state index contributed by atoms with van der Waals surface area (Å²) in [5, 5.41) is 6.79. The lowest BCUT2D eigenvalue weighted by molar-refractivity contribution is 0.404. The van der Waals surface area contributed by atoms with Crippen LogP contribution in [0, 0.1) is 5.82 Å². The monoisotopic (exact) mass is 249 g/mol. The highest BCUT2D eigenvalue weighted by Crippen LogP contribution is 2.31. The first-order valence-electron chi connectivity index (χ1n) is 6.71. The van der Waals surface area contributed by atoms with Gasteiger partial charge >= 0.3 is 0 Å². The molecule has 2 N–H and O–H groups in total. The molecule has 3 nitrogen and oxygen atoms in total. The van der Waals surface area contributed by atoms with Gasteiger partial charge in [0, 0.05) is 37.4 Å². The Morgan fingerprint density at radius 3 is 2.67 bits per heavy atom. The fourth-order valence-corrected chi connectivity index (χ4v) is 3.07. The van der Waals surface area contributed by atoms with Crippen LogP contribution in [0.1, 0.15) is 19.4 Å². The second-order valence-corrected chi connectivity index (χ2v) is 5.51. The summed E-state index contributed by atoms with van der Waals surface area (Å²) in [6, 6.07) is 4.47. The Morgan fingerprint density at radius 2 is 1.94 bits per heavy atom. The van der Waals surface area contributed by atoms with Gasteiger partial charge < -0.3 is 15.5 Å². The Morgan fingerprint density at radius 1 is 1.22 bits per heavy atom. The first-order chi connectivity index (χ1) is 8.63. The maximum atomic E-state index is 14.2. The lowest BCUT2D eigenvalue weighted by atomic mass is 10.1. The van der Waals surface area contributed by atoms with Gasteiger partial charge in [-0.2, -0.15) is 0 Å². The maximum Gasteiger partial charge on any atom is 0.146 e. The largest absolute Gasteiger partial charge is 0.384 e. The van der Waals surface area contributed by atoms with Crippen molar-refractivity contribution in [3.05, 3.63) is 23.5 Å². The molecule has 1 fully saturated rings. The van der Waals surface area contributed by atoms with E-state index in [0.717, 1.165) is 43.0 Å². The lowest BCUT2D eigenvalue weighted by Gasteiger charge is -2.38. The van der Waals surface area contributed by atoms with E-state index in [1.54, 1.807) is 6.07 Å². The number of fused-ring (bicyclic) bond motifs is 1. The predicted octanol–water partition coefficient (Wildman–Crippen LogP) is 1.98. The summed E-state index contributed by atoms with van der Waals surface area (Å²) >= 11 is 0. The van der Waals surface area contributed by atoms with Gasteiger partial charge in [0.15, 0.2) is 0 Å². The molecule has 1 aromatic carbocycles. The lowest BCUT2D eigenvalue weighted by Crippen LogP contribution is -2.54. The average molecular weight is 249 g/mol. The molecule has 2 heterocycles. The van der Waals surface area contributed by atoms with Crippen molar-refractivity contribution in [2.75, 3.05) is 29.9 Å². The SMILES string of the molecule is CC1CN(c2cc3c(cc2F)CCN3)CC(C)N1. The molecule has 18 heavy (non-hydrogen) atoms. The van der Waals surface area contributed by atoms with Crippen LogP contribution in [0.2, 0.25) is 0 Å². The fraction of sp³-hybridized carbons (Fsp3) is 0.571. The van der Waals surface area contributed by atoms with E-state index in [0.29, 0.717) is 12.1 Å². The van der Waals surface area contributed by atoms with E-state index in [2.05, 4.69) is 29.4 Å². The van der Waals surface area contributed by atoms with Gasteiger partial charge in [-0.25, -0.2) is 4.39 Å². The van der Waals surface area contributed by atoms with Crippen LogP contribution < -0.4 is 15.5 Å². The summed E-state index contributed by atoms with van der Waals surface area (Å²) in [6.07, 6.45) is 0.931. The number of benzene rings is 1. The molecule has 2 atom stereocenters. The Labute approximate surface area is 107 Å². The molecule has 2 aliphatic rings. The van der Waals surface area contributed by atoms with Crippen molar-refractivity contribution in [2.24, 2.45) is 0 Å². The molecule has 98 valence electrons. The summed E-state index contributed by atoms with van der Waals surface area (Å²) in [4.78, 5) is 2.15. The van der Waals surface area contributed by atoms with Gasteiger partial charge in [0.1, 0.15) is 5.82 Å². The molecular formula is C14H20FN3. The van der Waals surface area contributed by atoms with Gasteiger partial charge in [-0.15, -0.1) is 0 Å². The Bertz CT molecular complexity index is 451. The van der Waals surface area contributed by atoms with Crippen LogP contribution in [0.4, 0.5) is 15.8 Å². The van der Waals surface area contributed by atoms with Crippen molar-refractivity contribution in [1.29, 1.82) is 0 Å². The van der Waals surface area contributed by atoms with Crippen LogP contribution in [-0.4, -0.2) is 31.7 Å². The third-order valence-electron chi connectivity index (χ3n) is 3.78. The number of nitrogens with one attached hydrogen (secondary N) is 2. The number of anilines is 2. The molecule has 0 radical (unpaired) electrons. The van der Waals surface area contributed by atoms with E-state index in [9.17, 15) is 4.39 Å².